The van der Waals surface area contributed by atoms with E-state index in [9.17, 15) is 4.39 Å². The van der Waals surface area contributed by atoms with E-state index in [0.29, 0.717) is 11.2 Å². The summed E-state index contributed by atoms with van der Waals surface area (Å²) in [5.41, 5.74) is 6.54. The maximum Gasteiger partial charge on any atom is 0.212 e. The lowest BCUT2D eigenvalue weighted by molar-refractivity contribution is 0.0541. The van der Waals surface area contributed by atoms with Crippen LogP contribution in [0.15, 0.2) is 25.0 Å². The van der Waals surface area contributed by atoms with Crippen LogP contribution in [0.25, 0.3) is 11.2 Å². The van der Waals surface area contributed by atoms with Crippen LogP contribution in [0.2, 0.25) is 0 Å². The average molecular weight is 221 g/mol. The van der Waals surface area contributed by atoms with Gasteiger partial charge >= 0.3 is 0 Å². The molecule has 2 N–H and O–H groups in total. The minimum Gasteiger partial charge on any atom is -0.474 e. The number of alkyl halides is 1. The Morgan fingerprint density at radius 2 is 2.25 bits per heavy atom. The molecule has 2 aromatic heterocycles. The van der Waals surface area contributed by atoms with Crippen molar-refractivity contribution in [3.05, 3.63) is 25.0 Å². The zero-order valence-corrected chi connectivity index (χ0v) is 8.12. The molecular formula is C9H8FN5O. The molecule has 0 aromatic carbocycles. The van der Waals surface area contributed by atoms with Gasteiger partial charge in [0.1, 0.15) is 18.2 Å². The third kappa shape index (κ3) is 1.14. The summed E-state index contributed by atoms with van der Waals surface area (Å²) in [6.45, 7) is 0. The van der Waals surface area contributed by atoms with Crippen LogP contribution in [0.5, 0.6) is 0 Å². The third-order valence-corrected chi connectivity index (χ3v) is 2.41. The first-order chi connectivity index (χ1) is 7.77. The Balaban J connectivity index is 2.15. The fraction of sp³-hybridized carbons (Fsp3) is 0.222. The Bertz CT molecular complexity index is 566. The van der Waals surface area contributed by atoms with Gasteiger partial charge in [0.15, 0.2) is 17.6 Å². The first-order valence-electron chi connectivity index (χ1n) is 4.66. The average Bonchev–Trinajstić information content (AvgIpc) is 2.84. The van der Waals surface area contributed by atoms with Crippen LogP contribution in [0, 0.1) is 0 Å². The predicted molar refractivity (Wildman–Crippen MR) is 53.9 cm³/mol. The number of ether oxygens (including phenoxy) is 1. The number of fused-ring (bicyclic) bond motifs is 1. The Hall–Kier alpha value is -2.18. The number of nitrogen functional groups attached to an aromatic ring is 1. The Morgan fingerprint density at radius 3 is 3.00 bits per heavy atom. The van der Waals surface area contributed by atoms with E-state index < -0.39 is 12.4 Å². The smallest absolute Gasteiger partial charge is 0.212 e. The Morgan fingerprint density at radius 1 is 1.38 bits per heavy atom. The van der Waals surface area contributed by atoms with E-state index in [2.05, 4.69) is 15.0 Å². The highest BCUT2D eigenvalue weighted by molar-refractivity contribution is 5.81. The predicted octanol–water partition coefficient (Wildman–Crippen LogP) is 0.789. The van der Waals surface area contributed by atoms with Crippen LogP contribution >= 0.6 is 0 Å². The number of rotatable bonds is 1. The number of imidazole rings is 1. The van der Waals surface area contributed by atoms with Gasteiger partial charge in [0.25, 0.3) is 0 Å². The van der Waals surface area contributed by atoms with E-state index >= 15 is 0 Å². The molecule has 7 heteroatoms. The van der Waals surface area contributed by atoms with E-state index in [4.69, 9.17) is 10.5 Å². The highest BCUT2D eigenvalue weighted by Gasteiger charge is 2.28. The van der Waals surface area contributed by atoms with Gasteiger partial charge in [0, 0.05) is 0 Å². The number of hydrogen-bond donors (Lipinski definition) is 1. The molecule has 3 rings (SSSR count). The molecule has 0 spiro atoms. The van der Waals surface area contributed by atoms with Gasteiger partial charge in [-0.3, -0.25) is 4.57 Å². The number of halogens is 1. The molecule has 2 unspecified atom stereocenters. The molecular weight excluding hydrogens is 213 g/mol. The summed E-state index contributed by atoms with van der Waals surface area (Å²) in [5.74, 6) is 0.269. The second-order valence-corrected chi connectivity index (χ2v) is 3.38. The molecule has 1 aliphatic rings. The highest BCUT2D eigenvalue weighted by Crippen LogP contribution is 2.27. The first kappa shape index (κ1) is 9.08. The Labute approximate surface area is 89.6 Å². The van der Waals surface area contributed by atoms with Gasteiger partial charge in [-0.2, -0.15) is 0 Å². The quantitative estimate of drug-likeness (QED) is 0.770. The van der Waals surface area contributed by atoms with Crippen molar-refractivity contribution in [2.45, 2.75) is 12.4 Å². The van der Waals surface area contributed by atoms with E-state index in [1.54, 1.807) is 0 Å². The van der Waals surface area contributed by atoms with Crippen molar-refractivity contribution >= 4 is 17.0 Å². The molecule has 0 fully saturated rings. The normalized spacial score (nSPS) is 23.8. The summed E-state index contributed by atoms with van der Waals surface area (Å²) in [6, 6.07) is 0. The van der Waals surface area contributed by atoms with E-state index in [1.165, 1.54) is 29.6 Å². The fourth-order valence-corrected chi connectivity index (χ4v) is 1.65. The number of nitrogens with zero attached hydrogens (tertiary/aromatic N) is 4. The van der Waals surface area contributed by atoms with Gasteiger partial charge in [-0.1, -0.05) is 0 Å². The summed E-state index contributed by atoms with van der Waals surface area (Å²) in [7, 11) is 0. The van der Waals surface area contributed by atoms with Gasteiger partial charge in [-0.25, -0.2) is 19.3 Å². The molecule has 16 heavy (non-hydrogen) atoms. The van der Waals surface area contributed by atoms with Crippen LogP contribution in [0.3, 0.4) is 0 Å². The maximum absolute atomic E-state index is 13.4. The first-order valence-corrected chi connectivity index (χ1v) is 4.66. The molecule has 0 bridgehead atoms. The molecule has 2 atom stereocenters. The molecule has 6 nitrogen and oxygen atoms in total. The van der Waals surface area contributed by atoms with E-state index in [-0.39, 0.29) is 5.82 Å². The standard InChI is InChI=1S/C9H8FN5O/c10-5-1-2-16-9(5)15-4-14-6-7(11)12-3-13-8(6)15/h1-5,9H,(H2,11,12,13). The molecule has 1 aliphatic heterocycles. The monoisotopic (exact) mass is 221 g/mol. The zero-order chi connectivity index (χ0) is 11.1. The molecule has 82 valence electrons. The van der Waals surface area contributed by atoms with Crippen LogP contribution in [-0.2, 0) is 4.74 Å². The van der Waals surface area contributed by atoms with Crippen LogP contribution in [0.4, 0.5) is 10.2 Å². The molecule has 2 aromatic rings. The second-order valence-electron chi connectivity index (χ2n) is 3.38. The van der Waals surface area contributed by atoms with Gasteiger partial charge in [-0.15, -0.1) is 0 Å². The minimum atomic E-state index is -1.21. The molecule has 0 amide bonds. The lowest BCUT2D eigenvalue weighted by Crippen LogP contribution is -2.16. The fourth-order valence-electron chi connectivity index (χ4n) is 1.65. The molecule has 0 radical (unpaired) electrons. The largest absolute Gasteiger partial charge is 0.474 e. The van der Waals surface area contributed by atoms with Crippen molar-refractivity contribution in [3.8, 4) is 0 Å². The van der Waals surface area contributed by atoms with Gasteiger partial charge in [0.05, 0.1) is 6.26 Å². The van der Waals surface area contributed by atoms with Crippen LogP contribution in [-0.4, -0.2) is 25.7 Å². The van der Waals surface area contributed by atoms with Gasteiger partial charge in [0.2, 0.25) is 6.23 Å². The number of nitrogens with two attached hydrogens (primary N) is 1. The van der Waals surface area contributed by atoms with Crippen molar-refractivity contribution in [1.29, 1.82) is 0 Å². The third-order valence-electron chi connectivity index (χ3n) is 2.41. The highest BCUT2D eigenvalue weighted by atomic mass is 19.1. The summed E-state index contributed by atoms with van der Waals surface area (Å²) < 4.78 is 20.1. The number of hydrogen-bond acceptors (Lipinski definition) is 5. The second kappa shape index (κ2) is 3.16. The van der Waals surface area contributed by atoms with Gasteiger partial charge < -0.3 is 10.5 Å². The van der Waals surface area contributed by atoms with Crippen molar-refractivity contribution in [1.82, 2.24) is 19.5 Å². The van der Waals surface area contributed by atoms with Crippen LogP contribution in [0.1, 0.15) is 6.23 Å². The number of aromatic nitrogens is 4. The molecule has 3 heterocycles. The summed E-state index contributed by atoms with van der Waals surface area (Å²) >= 11 is 0. The van der Waals surface area contributed by atoms with Gasteiger partial charge in [-0.05, 0) is 6.08 Å². The molecule has 0 saturated heterocycles. The van der Waals surface area contributed by atoms with Crippen molar-refractivity contribution < 1.29 is 9.13 Å². The Kier molecular flexibility index (Phi) is 1.79. The zero-order valence-electron chi connectivity index (χ0n) is 8.12. The van der Waals surface area contributed by atoms with E-state index in [0.717, 1.165) is 0 Å². The van der Waals surface area contributed by atoms with Crippen molar-refractivity contribution in [2.75, 3.05) is 5.73 Å². The maximum atomic E-state index is 13.4. The topological polar surface area (TPSA) is 78.9 Å². The lowest BCUT2D eigenvalue weighted by Gasteiger charge is -2.14. The lowest BCUT2D eigenvalue weighted by atomic mass is 10.3. The summed E-state index contributed by atoms with van der Waals surface area (Å²) in [4.78, 5) is 11.9. The van der Waals surface area contributed by atoms with Crippen molar-refractivity contribution in [2.24, 2.45) is 0 Å². The molecule has 0 aliphatic carbocycles. The SMILES string of the molecule is Nc1ncnc2c1ncn2C1OC=CC1F. The molecule has 0 saturated carbocycles. The van der Waals surface area contributed by atoms with E-state index in [1.807, 2.05) is 0 Å². The van der Waals surface area contributed by atoms with Crippen LogP contribution < -0.4 is 5.73 Å². The van der Waals surface area contributed by atoms with Crippen molar-refractivity contribution in [3.63, 3.8) is 0 Å². The number of anilines is 1. The minimum absolute atomic E-state index is 0.269. The summed E-state index contributed by atoms with van der Waals surface area (Å²) in [6.07, 6.45) is 3.44. The summed E-state index contributed by atoms with van der Waals surface area (Å²) in [5, 5.41) is 0.